The number of hydrogen-bond acceptors (Lipinski definition) is 3. The van der Waals surface area contributed by atoms with Crippen LogP contribution < -0.4 is 0 Å². The number of nitrogens with zero attached hydrogens (tertiary/aromatic N) is 1. The predicted molar refractivity (Wildman–Crippen MR) is 77.2 cm³/mol. The van der Waals surface area contributed by atoms with E-state index in [0.29, 0.717) is 12.5 Å². The molecule has 96 valence electrons. The molecule has 1 aromatic heterocycles. The summed E-state index contributed by atoms with van der Waals surface area (Å²) in [6, 6.07) is 6.37. The highest BCUT2D eigenvalue weighted by Gasteiger charge is 2.06. The highest BCUT2D eigenvalue weighted by molar-refractivity contribution is 7.13. The van der Waals surface area contributed by atoms with Crippen LogP contribution in [0.5, 0.6) is 0 Å². The first kappa shape index (κ1) is 13.5. The summed E-state index contributed by atoms with van der Waals surface area (Å²) in [7, 11) is 0. The van der Waals surface area contributed by atoms with Crippen molar-refractivity contribution in [1.29, 1.82) is 0 Å². The minimum absolute atomic E-state index is 0.470. The van der Waals surface area contributed by atoms with E-state index in [4.69, 9.17) is 16.3 Å². The minimum atomic E-state index is 0.470. The Labute approximate surface area is 117 Å². The van der Waals surface area contributed by atoms with Gasteiger partial charge in [0.15, 0.2) is 0 Å². The van der Waals surface area contributed by atoms with Gasteiger partial charge < -0.3 is 4.74 Å². The molecule has 0 amide bonds. The van der Waals surface area contributed by atoms with Gasteiger partial charge in [0.2, 0.25) is 0 Å². The summed E-state index contributed by atoms with van der Waals surface area (Å²) in [5.74, 6) is 0.470. The van der Waals surface area contributed by atoms with Gasteiger partial charge in [-0.05, 0) is 31.0 Å². The second-order valence-electron chi connectivity index (χ2n) is 4.06. The molecule has 4 heteroatoms. The monoisotopic (exact) mass is 281 g/mol. The Hall–Kier alpha value is -0.900. The van der Waals surface area contributed by atoms with E-state index in [1.807, 2.05) is 12.3 Å². The number of alkyl halides is 1. The van der Waals surface area contributed by atoms with Crippen molar-refractivity contribution >= 4 is 22.9 Å². The van der Waals surface area contributed by atoms with Gasteiger partial charge in [0.25, 0.3) is 0 Å². The summed E-state index contributed by atoms with van der Waals surface area (Å²) in [5.41, 5.74) is 4.56. The number of benzene rings is 1. The normalized spacial score (nSPS) is 10.8. The Kier molecular flexibility index (Phi) is 4.75. The van der Waals surface area contributed by atoms with Gasteiger partial charge in [-0.15, -0.1) is 22.9 Å². The third kappa shape index (κ3) is 3.10. The van der Waals surface area contributed by atoms with Crippen molar-refractivity contribution in [3.63, 3.8) is 0 Å². The third-order valence-corrected chi connectivity index (χ3v) is 3.95. The van der Waals surface area contributed by atoms with Gasteiger partial charge in [-0.2, -0.15) is 0 Å². The van der Waals surface area contributed by atoms with Gasteiger partial charge in [0, 0.05) is 17.6 Å². The zero-order chi connectivity index (χ0) is 13.0. The van der Waals surface area contributed by atoms with E-state index in [-0.39, 0.29) is 0 Å². The number of thiazole rings is 1. The van der Waals surface area contributed by atoms with E-state index >= 15 is 0 Å². The zero-order valence-electron chi connectivity index (χ0n) is 10.6. The van der Waals surface area contributed by atoms with Gasteiger partial charge in [-0.25, -0.2) is 4.98 Å². The van der Waals surface area contributed by atoms with Crippen LogP contribution in [0, 0.1) is 6.92 Å². The van der Waals surface area contributed by atoms with Crippen molar-refractivity contribution in [1.82, 2.24) is 4.98 Å². The van der Waals surface area contributed by atoms with Crippen LogP contribution in [0.2, 0.25) is 0 Å². The molecule has 18 heavy (non-hydrogen) atoms. The average Bonchev–Trinajstić information content (AvgIpc) is 2.86. The van der Waals surface area contributed by atoms with E-state index in [1.165, 1.54) is 11.1 Å². The summed E-state index contributed by atoms with van der Waals surface area (Å²) in [6.45, 7) is 5.53. The van der Waals surface area contributed by atoms with Crippen LogP contribution in [0.3, 0.4) is 0 Å². The fourth-order valence-electron chi connectivity index (χ4n) is 1.70. The van der Waals surface area contributed by atoms with Gasteiger partial charge in [-0.1, -0.05) is 12.1 Å². The van der Waals surface area contributed by atoms with E-state index in [1.54, 1.807) is 11.3 Å². The molecule has 0 radical (unpaired) electrons. The van der Waals surface area contributed by atoms with Gasteiger partial charge >= 0.3 is 0 Å². The first-order valence-corrected chi connectivity index (χ1v) is 7.34. The second-order valence-corrected chi connectivity index (χ2v) is 5.18. The molecule has 0 saturated heterocycles. The van der Waals surface area contributed by atoms with Crippen molar-refractivity contribution < 1.29 is 4.74 Å². The Bertz CT molecular complexity index is 524. The lowest BCUT2D eigenvalue weighted by Crippen LogP contribution is -1.95. The van der Waals surface area contributed by atoms with Crippen LogP contribution in [0.15, 0.2) is 23.6 Å². The van der Waals surface area contributed by atoms with Crippen LogP contribution in [0.25, 0.3) is 10.6 Å². The Morgan fingerprint density at radius 1 is 1.39 bits per heavy atom. The van der Waals surface area contributed by atoms with E-state index in [9.17, 15) is 0 Å². The Balaban J connectivity index is 2.22. The molecule has 0 aliphatic carbocycles. The molecule has 0 aliphatic rings. The fourth-order valence-corrected chi connectivity index (χ4v) is 2.75. The van der Waals surface area contributed by atoms with Gasteiger partial charge in [-0.3, -0.25) is 0 Å². The molecule has 0 bridgehead atoms. The number of ether oxygens (including phenoxy) is 1. The predicted octanol–water partition coefficient (Wildman–Crippen LogP) is 4.39. The molecule has 1 heterocycles. The highest BCUT2D eigenvalue weighted by atomic mass is 35.5. The quantitative estimate of drug-likeness (QED) is 0.758. The SMILES string of the molecule is CCOCc1ccc(-c2nc(CCl)cs2)cc1C. The molecule has 0 atom stereocenters. The van der Waals surface area contributed by atoms with Crippen molar-refractivity contribution in [2.24, 2.45) is 0 Å². The number of hydrogen-bond donors (Lipinski definition) is 0. The molecule has 0 unspecified atom stereocenters. The summed E-state index contributed by atoms with van der Waals surface area (Å²) in [4.78, 5) is 4.49. The maximum absolute atomic E-state index is 5.77. The molecule has 1 aromatic carbocycles. The summed E-state index contributed by atoms with van der Waals surface area (Å²) < 4.78 is 5.44. The molecular formula is C14H16ClNOS. The van der Waals surface area contributed by atoms with Gasteiger partial charge in [0.05, 0.1) is 18.2 Å². The Morgan fingerprint density at radius 3 is 2.83 bits per heavy atom. The summed E-state index contributed by atoms with van der Waals surface area (Å²) in [5, 5.41) is 3.03. The maximum Gasteiger partial charge on any atom is 0.123 e. The molecule has 0 aliphatic heterocycles. The maximum atomic E-state index is 5.77. The van der Waals surface area contributed by atoms with E-state index in [0.717, 1.165) is 22.9 Å². The molecule has 0 saturated carbocycles. The van der Waals surface area contributed by atoms with Crippen molar-refractivity contribution in [2.45, 2.75) is 26.3 Å². The van der Waals surface area contributed by atoms with Crippen LogP contribution in [0.4, 0.5) is 0 Å². The molecule has 0 N–H and O–H groups in total. The van der Waals surface area contributed by atoms with Crippen LogP contribution in [-0.2, 0) is 17.2 Å². The van der Waals surface area contributed by atoms with E-state index in [2.05, 4.69) is 30.1 Å². The van der Waals surface area contributed by atoms with Crippen LogP contribution >= 0.6 is 22.9 Å². The molecular weight excluding hydrogens is 266 g/mol. The lowest BCUT2D eigenvalue weighted by molar-refractivity contribution is 0.133. The van der Waals surface area contributed by atoms with Crippen molar-refractivity contribution in [3.05, 3.63) is 40.4 Å². The molecule has 0 fully saturated rings. The largest absolute Gasteiger partial charge is 0.377 e. The van der Waals surface area contributed by atoms with Crippen LogP contribution in [0.1, 0.15) is 23.7 Å². The number of rotatable bonds is 5. The third-order valence-electron chi connectivity index (χ3n) is 2.74. The topological polar surface area (TPSA) is 22.1 Å². The summed E-state index contributed by atoms with van der Waals surface area (Å²) in [6.07, 6.45) is 0. The summed E-state index contributed by atoms with van der Waals surface area (Å²) >= 11 is 7.40. The lowest BCUT2D eigenvalue weighted by atomic mass is 10.1. The van der Waals surface area contributed by atoms with E-state index < -0.39 is 0 Å². The lowest BCUT2D eigenvalue weighted by Gasteiger charge is -2.07. The second kappa shape index (κ2) is 6.32. The molecule has 2 rings (SSSR count). The molecule has 0 spiro atoms. The number of halogens is 1. The van der Waals surface area contributed by atoms with Gasteiger partial charge in [0.1, 0.15) is 5.01 Å². The number of aryl methyl sites for hydroxylation is 1. The minimum Gasteiger partial charge on any atom is -0.377 e. The van der Waals surface area contributed by atoms with Crippen molar-refractivity contribution in [2.75, 3.05) is 6.61 Å². The van der Waals surface area contributed by atoms with Crippen LogP contribution in [-0.4, -0.2) is 11.6 Å². The molecule has 2 nitrogen and oxygen atoms in total. The standard InChI is InChI=1S/C14H16ClNOS/c1-3-17-8-12-5-4-11(6-10(12)2)14-16-13(7-15)9-18-14/h4-6,9H,3,7-8H2,1-2H3. The van der Waals surface area contributed by atoms with Crippen molar-refractivity contribution in [3.8, 4) is 10.6 Å². The Morgan fingerprint density at radius 2 is 2.22 bits per heavy atom. The zero-order valence-corrected chi connectivity index (χ0v) is 12.1. The average molecular weight is 282 g/mol. The first-order chi connectivity index (χ1) is 8.74. The number of aromatic nitrogens is 1. The highest BCUT2D eigenvalue weighted by Crippen LogP contribution is 2.26. The molecule has 2 aromatic rings. The smallest absolute Gasteiger partial charge is 0.123 e. The fraction of sp³-hybridized carbons (Fsp3) is 0.357. The first-order valence-electron chi connectivity index (χ1n) is 5.92.